The molecule has 0 amide bonds. The molecule has 1 aromatic carbocycles. The Kier molecular flexibility index (Phi) is 3.69. The van der Waals surface area contributed by atoms with E-state index in [0.29, 0.717) is 11.5 Å². The van der Waals surface area contributed by atoms with Crippen LogP contribution in [0.2, 0.25) is 0 Å². The molecular formula is C19H25NO3. The van der Waals surface area contributed by atoms with Crippen LogP contribution in [0, 0.1) is 11.8 Å². The molecular weight excluding hydrogens is 290 g/mol. The topological polar surface area (TPSA) is 69.6 Å². The highest BCUT2D eigenvalue weighted by Crippen LogP contribution is 2.50. The number of carbonyl (C=O) groups is 1. The molecule has 2 saturated carbocycles. The summed E-state index contributed by atoms with van der Waals surface area (Å²) >= 11 is 0. The molecule has 1 saturated heterocycles. The molecule has 3 aliphatic rings. The summed E-state index contributed by atoms with van der Waals surface area (Å²) in [6, 6.07) is 7.84. The van der Waals surface area contributed by atoms with Gasteiger partial charge in [0.05, 0.1) is 0 Å². The van der Waals surface area contributed by atoms with Crippen LogP contribution in [-0.4, -0.2) is 28.8 Å². The lowest BCUT2D eigenvalue weighted by atomic mass is 9.73. The zero-order valence-corrected chi connectivity index (χ0v) is 13.4. The van der Waals surface area contributed by atoms with Crippen LogP contribution < -0.4 is 5.32 Å². The van der Waals surface area contributed by atoms with E-state index in [9.17, 15) is 15.0 Å². The van der Waals surface area contributed by atoms with Gasteiger partial charge in [0.2, 0.25) is 0 Å². The molecule has 3 fully saturated rings. The number of aliphatic carboxylic acids is 1. The Labute approximate surface area is 136 Å². The number of benzene rings is 1. The normalized spacial score (nSPS) is 33.0. The molecule has 4 heteroatoms. The molecule has 3 N–H and O–H groups in total. The molecule has 4 nitrogen and oxygen atoms in total. The van der Waals surface area contributed by atoms with Gasteiger partial charge in [-0.05, 0) is 55.2 Å². The molecule has 0 aromatic heterocycles. The first-order chi connectivity index (χ1) is 11.1. The lowest BCUT2D eigenvalue weighted by molar-refractivity contribution is -0.168. The van der Waals surface area contributed by atoms with E-state index in [0.717, 1.165) is 37.8 Å². The van der Waals surface area contributed by atoms with Crippen LogP contribution >= 0.6 is 0 Å². The maximum atomic E-state index is 12.2. The molecule has 4 atom stereocenters. The second-order valence-electron chi connectivity index (χ2n) is 7.52. The van der Waals surface area contributed by atoms with Crippen LogP contribution in [0.4, 0.5) is 0 Å². The van der Waals surface area contributed by atoms with Crippen LogP contribution in [0.15, 0.2) is 24.3 Å². The van der Waals surface area contributed by atoms with E-state index < -0.39 is 11.6 Å². The maximum Gasteiger partial charge on any atom is 0.340 e. The molecule has 124 valence electrons. The molecule has 2 aliphatic carbocycles. The van der Waals surface area contributed by atoms with E-state index in [4.69, 9.17) is 0 Å². The summed E-state index contributed by atoms with van der Waals surface area (Å²) in [5.41, 5.74) is -0.0691. The van der Waals surface area contributed by atoms with Crippen molar-refractivity contribution in [2.24, 2.45) is 11.8 Å². The van der Waals surface area contributed by atoms with Crippen LogP contribution in [-0.2, 0) is 10.4 Å². The van der Waals surface area contributed by atoms with Gasteiger partial charge in [0.1, 0.15) is 0 Å². The van der Waals surface area contributed by atoms with Crippen molar-refractivity contribution in [3.8, 4) is 0 Å². The third-order valence-electron chi connectivity index (χ3n) is 6.41. The van der Waals surface area contributed by atoms with Gasteiger partial charge in [-0.15, -0.1) is 0 Å². The van der Waals surface area contributed by atoms with Gasteiger partial charge < -0.3 is 15.5 Å². The SMILES string of the molecule is O=C(O)C(O)(c1ccccc1C1CCCC1)C1C2CCC1NC2. The summed E-state index contributed by atoms with van der Waals surface area (Å²) in [6.07, 6.45) is 6.58. The maximum absolute atomic E-state index is 12.2. The van der Waals surface area contributed by atoms with Crippen LogP contribution in [0.5, 0.6) is 0 Å². The van der Waals surface area contributed by atoms with Crippen molar-refractivity contribution >= 4 is 5.97 Å². The first-order valence-corrected chi connectivity index (χ1v) is 8.91. The van der Waals surface area contributed by atoms with Gasteiger partial charge in [0, 0.05) is 12.0 Å². The Morgan fingerprint density at radius 3 is 2.43 bits per heavy atom. The Balaban J connectivity index is 1.81. The fourth-order valence-electron chi connectivity index (χ4n) is 5.35. The summed E-state index contributed by atoms with van der Waals surface area (Å²) in [4.78, 5) is 12.2. The van der Waals surface area contributed by atoms with Crippen LogP contribution in [0.3, 0.4) is 0 Å². The summed E-state index contributed by atoms with van der Waals surface area (Å²) < 4.78 is 0. The Hall–Kier alpha value is -1.39. The summed E-state index contributed by atoms with van der Waals surface area (Å²) in [5.74, 6) is -0.655. The number of rotatable bonds is 4. The van der Waals surface area contributed by atoms with Crippen LogP contribution in [0.1, 0.15) is 55.6 Å². The van der Waals surface area contributed by atoms with E-state index in [1.807, 2.05) is 24.3 Å². The molecule has 23 heavy (non-hydrogen) atoms. The van der Waals surface area contributed by atoms with E-state index in [2.05, 4.69) is 5.32 Å². The first kappa shape index (κ1) is 15.2. The monoisotopic (exact) mass is 315 g/mol. The summed E-state index contributed by atoms with van der Waals surface area (Å²) in [5, 5.41) is 24.8. The van der Waals surface area contributed by atoms with Crippen molar-refractivity contribution in [3.63, 3.8) is 0 Å². The number of aliphatic hydroxyl groups is 1. The number of hydrogen-bond acceptors (Lipinski definition) is 3. The number of piperidine rings is 1. The molecule has 1 aromatic rings. The Morgan fingerprint density at radius 1 is 1.13 bits per heavy atom. The molecule has 4 unspecified atom stereocenters. The number of carboxylic acid groups (broad SMARTS) is 1. The van der Waals surface area contributed by atoms with Gasteiger partial charge in [-0.3, -0.25) is 0 Å². The average Bonchev–Trinajstić information content (AvgIpc) is 3.31. The van der Waals surface area contributed by atoms with Crippen molar-refractivity contribution in [3.05, 3.63) is 35.4 Å². The average molecular weight is 315 g/mol. The fraction of sp³-hybridized carbons (Fsp3) is 0.632. The van der Waals surface area contributed by atoms with E-state index in [-0.39, 0.29) is 17.9 Å². The molecule has 0 radical (unpaired) electrons. The van der Waals surface area contributed by atoms with Crippen LogP contribution in [0.25, 0.3) is 0 Å². The number of carboxylic acids is 1. The highest BCUT2D eigenvalue weighted by molar-refractivity contribution is 5.80. The Bertz CT molecular complexity index is 590. The fourth-order valence-corrected chi connectivity index (χ4v) is 5.35. The highest BCUT2D eigenvalue weighted by Gasteiger charge is 2.58. The van der Waals surface area contributed by atoms with Crippen molar-refractivity contribution in [1.82, 2.24) is 5.32 Å². The lowest BCUT2D eigenvalue weighted by Crippen LogP contribution is -2.48. The van der Waals surface area contributed by atoms with Crippen molar-refractivity contribution in [2.75, 3.05) is 6.54 Å². The quantitative estimate of drug-likeness (QED) is 0.799. The minimum absolute atomic E-state index is 0.123. The molecule has 1 heterocycles. The van der Waals surface area contributed by atoms with Gasteiger partial charge >= 0.3 is 5.97 Å². The number of fused-ring (bicyclic) bond motifs is 2. The smallest absolute Gasteiger partial charge is 0.340 e. The highest BCUT2D eigenvalue weighted by atomic mass is 16.4. The lowest BCUT2D eigenvalue weighted by Gasteiger charge is -2.35. The largest absolute Gasteiger partial charge is 0.479 e. The van der Waals surface area contributed by atoms with Crippen molar-refractivity contribution in [1.29, 1.82) is 0 Å². The molecule has 1 aliphatic heterocycles. The second kappa shape index (κ2) is 5.60. The third-order valence-corrected chi connectivity index (χ3v) is 6.41. The van der Waals surface area contributed by atoms with Gasteiger partial charge in [0.25, 0.3) is 0 Å². The second-order valence-corrected chi connectivity index (χ2v) is 7.52. The predicted molar refractivity (Wildman–Crippen MR) is 87.2 cm³/mol. The standard InChI is InChI=1S/C19H25NO3/c21-18(22)19(23,17-13-9-10-16(17)20-11-13)15-8-4-3-7-14(15)12-5-1-2-6-12/h3-4,7-8,12-13,16-17,20,23H,1-2,5-6,9-11H2,(H,21,22). The minimum Gasteiger partial charge on any atom is -0.479 e. The van der Waals surface area contributed by atoms with E-state index >= 15 is 0 Å². The van der Waals surface area contributed by atoms with E-state index in [1.54, 1.807) is 0 Å². The zero-order valence-electron chi connectivity index (χ0n) is 13.4. The van der Waals surface area contributed by atoms with Crippen molar-refractivity contribution in [2.45, 2.75) is 56.1 Å². The molecule has 4 rings (SSSR count). The molecule has 0 spiro atoms. The van der Waals surface area contributed by atoms with Gasteiger partial charge in [-0.2, -0.15) is 0 Å². The minimum atomic E-state index is -1.77. The summed E-state index contributed by atoms with van der Waals surface area (Å²) in [7, 11) is 0. The zero-order chi connectivity index (χ0) is 16.0. The molecule has 2 bridgehead atoms. The summed E-state index contributed by atoms with van der Waals surface area (Å²) in [6.45, 7) is 0.830. The van der Waals surface area contributed by atoms with Gasteiger partial charge in [0.15, 0.2) is 5.60 Å². The number of nitrogens with one attached hydrogen (secondary N) is 1. The van der Waals surface area contributed by atoms with Gasteiger partial charge in [-0.25, -0.2) is 4.79 Å². The van der Waals surface area contributed by atoms with Crippen molar-refractivity contribution < 1.29 is 15.0 Å². The predicted octanol–water partition coefficient (Wildman–Crippen LogP) is 2.61. The third kappa shape index (κ3) is 2.23. The number of hydrogen-bond donors (Lipinski definition) is 3. The van der Waals surface area contributed by atoms with E-state index in [1.165, 1.54) is 12.8 Å². The first-order valence-electron chi connectivity index (χ1n) is 8.91. The van der Waals surface area contributed by atoms with Gasteiger partial charge in [-0.1, -0.05) is 37.1 Å². The Morgan fingerprint density at radius 2 is 1.87 bits per heavy atom.